The van der Waals surface area contributed by atoms with Crippen molar-refractivity contribution >= 4 is 17.8 Å². The highest BCUT2D eigenvalue weighted by molar-refractivity contribution is 5.80. The SMILES string of the molecule is Cc1nn(C)c(C)c1CCNC(=O)C1CCN(C(=O)N2CC3CC(C2)[C@H]2CCCC(=O)N2C3)CC1. The van der Waals surface area contributed by atoms with Gasteiger partial charge < -0.3 is 20.0 Å². The minimum atomic E-state index is -0.0299. The van der Waals surface area contributed by atoms with Crippen LogP contribution in [0.3, 0.4) is 0 Å². The van der Waals surface area contributed by atoms with Gasteiger partial charge in [0.2, 0.25) is 11.8 Å². The van der Waals surface area contributed by atoms with Crippen LogP contribution in [0.5, 0.6) is 0 Å². The normalized spacial score (nSPS) is 27.1. The number of amides is 4. The largest absolute Gasteiger partial charge is 0.356 e. The van der Waals surface area contributed by atoms with Crippen LogP contribution in [0.25, 0.3) is 0 Å². The third-order valence-corrected chi connectivity index (χ3v) is 8.92. The van der Waals surface area contributed by atoms with Gasteiger partial charge in [-0.3, -0.25) is 14.3 Å². The molecule has 4 fully saturated rings. The number of carbonyl (C=O) groups is 3. The van der Waals surface area contributed by atoms with Crippen molar-refractivity contribution in [2.24, 2.45) is 24.8 Å². The van der Waals surface area contributed by atoms with Crippen LogP contribution >= 0.6 is 0 Å². The highest BCUT2D eigenvalue weighted by Gasteiger charge is 2.45. The van der Waals surface area contributed by atoms with E-state index in [1.165, 1.54) is 5.56 Å². The lowest BCUT2D eigenvalue weighted by molar-refractivity contribution is -0.144. The van der Waals surface area contributed by atoms with E-state index in [9.17, 15) is 14.4 Å². The second kappa shape index (κ2) is 9.82. The molecule has 1 aromatic rings. The van der Waals surface area contributed by atoms with E-state index in [0.29, 0.717) is 62.7 Å². The second-order valence-electron chi connectivity index (χ2n) is 11.1. The molecular weight excluding hydrogens is 444 g/mol. The molecule has 9 heteroatoms. The molecule has 192 valence electrons. The Bertz CT molecular complexity index is 982. The molecule has 2 bridgehead atoms. The van der Waals surface area contributed by atoms with Crippen molar-refractivity contribution in [1.82, 2.24) is 29.8 Å². The van der Waals surface area contributed by atoms with Crippen molar-refractivity contribution in [2.45, 2.75) is 64.8 Å². The molecule has 0 radical (unpaired) electrons. The number of piperidine rings is 4. The van der Waals surface area contributed by atoms with Gasteiger partial charge in [0.1, 0.15) is 0 Å². The molecule has 4 aliphatic heterocycles. The Balaban J connectivity index is 1.09. The number of nitrogens with zero attached hydrogens (tertiary/aromatic N) is 5. The molecule has 4 amide bonds. The van der Waals surface area contributed by atoms with Crippen LogP contribution in [0, 0.1) is 31.6 Å². The van der Waals surface area contributed by atoms with Gasteiger partial charge in [0.05, 0.1) is 5.69 Å². The fraction of sp³-hybridized carbons (Fsp3) is 0.769. The predicted octanol–water partition coefficient (Wildman–Crippen LogP) is 1.86. The van der Waals surface area contributed by atoms with Crippen molar-refractivity contribution in [3.63, 3.8) is 0 Å². The number of carbonyl (C=O) groups excluding carboxylic acids is 3. The van der Waals surface area contributed by atoms with E-state index in [0.717, 1.165) is 56.7 Å². The first-order valence-electron chi connectivity index (χ1n) is 13.4. The Morgan fingerprint density at radius 1 is 1.06 bits per heavy atom. The number of aromatic nitrogens is 2. The van der Waals surface area contributed by atoms with Crippen molar-refractivity contribution in [3.8, 4) is 0 Å². The first-order chi connectivity index (χ1) is 16.8. The molecule has 2 unspecified atom stereocenters. The smallest absolute Gasteiger partial charge is 0.320 e. The van der Waals surface area contributed by atoms with Crippen molar-refractivity contribution in [1.29, 1.82) is 0 Å². The summed E-state index contributed by atoms with van der Waals surface area (Å²) in [6.45, 7) is 8.28. The molecule has 5 rings (SSSR count). The van der Waals surface area contributed by atoms with Gasteiger partial charge in [-0.25, -0.2) is 4.79 Å². The Labute approximate surface area is 208 Å². The molecule has 3 atom stereocenters. The lowest BCUT2D eigenvalue weighted by atomic mass is 9.76. The Morgan fingerprint density at radius 3 is 2.54 bits per heavy atom. The van der Waals surface area contributed by atoms with E-state index >= 15 is 0 Å². The van der Waals surface area contributed by atoms with Crippen molar-refractivity contribution in [3.05, 3.63) is 17.0 Å². The summed E-state index contributed by atoms with van der Waals surface area (Å²) in [6, 6.07) is 0.438. The maximum atomic E-state index is 13.3. The monoisotopic (exact) mass is 484 g/mol. The number of likely N-dealkylation sites (tertiary alicyclic amines) is 2. The van der Waals surface area contributed by atoms with E-state index in [1.54, 1.807) is 0 Å². The minimum Gasteiger partial charge on any atom is -0.356 e. The summed E-state index contributed by atoms with van der Waals surface area (Å²) >= 11 is 0. The fourth-order valence-corrected chi connectivity index (χ4v) is 6.93. The molecule has 0 aromatic carbocycles. The topological polar surface area (TPSA) is 90.8 Å². The van der Waals surface area contributed by atoms with Gasteiger partial charge >= 0.3 is 6.03 Å². The maximum absolute atomic E-state index is 13.3. The third-order valence-electron chi connectivity index (χ3n) is 8.92. The van der Waals surface area contributed by atoms with Gasteiger partial charge in [-0.2, -0.15) is 5.10 Å². The zero-order chi connectivity index (χ0) is 24.7. The average Bonchev–Trinajstić information content (AvgIpc) is 3.10. The Hall–Kier alpha value is -2.58. The summed E-state index contributed by atoms with van der Waals surface area (Å²) in [5.74, 6) is 1.18. The molecule has 0 aliphatic carbocycles. The van der Waals surface area contributed by atoms with Crippen molar-refractivity contribution < 1.29 is 14.4 Å². The molecule has 1 N–H and O–H groups in total. The first kappa shape index (κ1) is 24.1. The molecule has 0 saturated carbocycles. The fourth-order valence-electron chi connectivity index (χ4n) is 6.93. The van der Waals surface area contributed by atoms with Gasteiger partial charge in [-0.05, 0) is 69.8 Å². The van der Waals surface area contributed by atoms with E-state index in [4.69, 9.17) is 0 Å². The van der Waals surface area contributed by atoms with E-state index < -0.39 is 0 Å². The van der Waals surface area contributed by atoms with Crippen LogP contribution in [0.2, 0.25) is 0 Å². The predicted molar refractivity (Wildman–Crippen MR) is 132 cm³/mol. The second-order valence-corrected chi connectivity index (χ2v) is 11.1. The van der Waals surface area contributed by atoms with Crippen LogP contribution in [-0.2, 0) is 23.1 Å². The molecule has 4 saturated heterocycles. The number of rotatable bonds is 4. The number of fused-ring (bicyclic) bond motifs is 4. The molecule has 9 nitrogen and oxygen atoms in total. The van der Waals surface area contributed by atoms with Gasteiger partial charge in [0.25, 0.3) is 0 Å². The highest BCUT2D eigenvalue weighted by Crippen LogP contribution is 2.38. The number of hydrogen-bond acceptors (Lipinski definition) is 4. The quantitative estimate of drug-likeness (QED) is 0.706. The number of nitrogens with one attached hydrogen (secondary N) is 1. The van der Waals surface area contributed by atoms with E-state index in [1.807, 2.05) is 28.5 Å². The molecule has 1 aromatic heterocycles. The van der Waals surface area contributed by atoms with Gasteiger partial charge in [0, 0.05) is 70.4 Å². The summed E-state index contributed by atoms with van der Waals surface area (Å²) in [5, 5.41) is 7.56. The van der Waals surface area contributed by atoms with Crippen LogP contribution in [0.15, 0.2) is 0 Å². The zero-order valence-electron chi connectivity index (χ0n) is 21.5. The van der Waals surface area contributed by atoms with Crippen LogP contribution in [0.1, 0.15) is 55.5 Å². The average molecular weight is 485 g/mol. The van der Waals surface area contributed by atoms with Crippen LogP contribution < -0.4 is 5.32 Å². The lowest BCUT2D eigenvalue weighted by Gasteiger charge is -2.53. The summed E-state index contributed by atoms with van der Waals surface area (Å²) in [5.41, 5.74) is 3.38. The molecule has 35 heavy (non-hydrogen) atoms. The molecule has 5 heterocycles. The van der Waals surface area contributed by atoms with E-state index in [-0.39, 0.29) is 17.9 Å². The lowest BCUT2D eigenvalue weighted by Crippen LogP contribution is -2.62. The van der Waals surface area contributed by atoms with Crippen LogP contribution in [-0.4, -0.2) is 87.6 Å². The molecule has 4 aliphatic rings. The summed E-state index contributed by atoms with van der Waals surface area (Å²) < 4.78 is 1.89. The summed E-state index contributed by atoms with van der Waals surface area (Å²) in [4.78, 5) is 44.6. The Kier molecular flexibility index (Phi) is 6.77. The van der Waals surface area contributed by atoms with Gasteiger partial charge in [-0.15, -0.1) is 0 Å². The van der Waals surface area contributed by atoms with Crippen LogP contribution in [0.4, 0.5) is 4.79 Å². The zero-order valence-corrected chi connectivity index (χ0v) is 21.5. The summed E-state index contributed by atoms with van der Waals surface area (Å²) in [7, 11) is 1.95. The minimum absolute atomic E-state index is 0.0299. The molecular formula is C26H40N6O3. The third kappa shape index (κ3) is 4.78. The Morgan fingerprint density at radius 2 is 1.83 bits per heavy atom. The summed E-state index contributed by atoms with van der Waals surface area (Å²) in [6.07, 6.45) is 6.10. The molecule has 0 spiro atoms. The highest BCUT2D eigenvalue weighted by atomic mass is 16.2. The van der Waals surface area contributed by atoms with Gasteiger partial charge in [-0.1, -0.05) is 0 Å². The number of urea groups is 1. The number of aryl methyl sites for hydroxylation is 2. The van der Waals surface area contributed by atoms with E-state index in [2.05, 4.69) is 22.2 Å². The maximum Gasteiger partial charge on any atom is 0.320 e. The van der Waals surface area contributed by atoms with Gasteiger partial charge in [0.15, 0.2) is 0 Å². The first-order valence-corrected chi connectivity index (χ1v) is 13.4. The number of hydrogen-bond donors (Lipinski definition) is 1. The van der Waals surface area contributed by atoms with Crippen molar-refractivity contribution in [2.75, 3.05) is 39.3 Å². The standard InChI is InChI=1S/C26H40N6O3/c1-17-22(18(2)29(3)28-17)7-10-27-25(34)20-8-11-30(12-9-20)26(35)31-14-19-13-21(16-31)23-5-4-6-24(33)32(23)15-19/h19-21,23H,4-16H2,1-3H3,(H,27,34)/t19?,21?,23-/m1/s1.